The molecule has 0 atom stereocenters. The molecule has 0 aromatic carbocycles. The Balaban J connectivity index is 3.83. The Morgan fingerprint density at radius 2 is 1.67 bits per heavy atom. The summed E-state index contributed by atoms with van der Waals surface area (Å²) in [5.41, 5.74) is 0. The largest absolute Gasteiger partial charge is 0.234 e. The van der Waals surface area contributed by atoms with E-state index in [4.69, 9.17) is 0 Å². The Morgan fingerprint density at radius 3 is 2.00 bits per heavy atom. The van der Waals surface area contributed by atoms with E-state index >= 15 is 0 Å². The molecule has 0 spiro atoms. The minimum atomic E-state index is 0.179. The molecular formula is C8H12N2O2. The Labute approximate surface area is 71.4 Å². The molecule has 4 heteroatoms. The molecule has 66 valence electrons. The second-order valence-corrected chi connectivity index (χ2v) is 2.52. The number of isocyanates is 2. The van der Waals surface area contributed by atoms with Crippen molar-refractivity contribution in [1.29, 1.82) is 0 Å². The van der Waals surface area contributed by atoms with Crippen LogP contribution in [-0.2, 0) is 9.59 Å². The van der Waals surface area contributed by atoms with Gasteiger partial charge in [0, 0.05) is 0 Å². The summed E-state index contributed by atoms with van der Waals surface area (Å²) >= 11 is 0. The summed E-state index contributed by atoms with van der Waals surface area (Å²) in [5, 5.41) is 0. The van der Waals surface area contributed by atoms with Gasteiger partial charge in [-0.2, -0.15) is 0 Å². The SMILES string of the molecule is CCCC(CN=C=O)CN=C=O. The molecule has 0 aromatic rings. The third-order valence-corrected chi connectivity index (χ3v) is 1.52. The quantitative estimate of drug-likeness (QED) is 0.440. The van der Waals surface area contributed by atoms with E-state index in [1.807, 2.05) is 6.92 Å². The van der Waals surface area contributed by atoms with Crippen molar-refractivity contribution in [3.63, 3.8) is 0 Å². The first-order chi connectivity index (χ1) is 5.85. The summed E-state index contributed by atoms with van der Waals surface area (Å²) in [4.78, 5) is 26.5. The maximum Gasteiger partial charge on any atom is 0.234 e. The lowest BCUT2D eigenvalue weighted by atomic mass is 10.0. The van der Waals surface area contributed by atoms with Gasteiger partial charge in [0.25, 0.3) is 0 Å². The van der Waals surface area contributed by atoms with Crippen molar-refractivity contribution < 1.29 is 9.59 Å². The zero-order valence-electron chi connectivity index (χ0n) is 7.12. The van der Waals surface area contributed by atoms with E-state index in [9.17, 15) is 9.59 Å². The topological polar surface area (TPSA) is 58.9 Å². The zero-order valence-corrected chi connectivity index (χ0v) is 7.12. The Bertz CT molecular complexity index is 183. The molecular weight excluding hydrogens is 156 g/mol. The van der Waals surface area contributed by atoms with Gasteiger partial charge in [-0.1, -0.05) is 13.3 Å². The van der Waals surface area contributed by atoms with Gasteiger partial charge in [-0.25, -0.2) is 19.6 Å². The van der Waals surface area contributed by atoms with Crippen LogP contribution in [0.25, 0.3) is 0 Å². The lowest BCUT2D eigenvalue weighted by Crippen LogP contribution is -2.08. The Morgan fingerprint density at radius 1 is 1.17 bits per heavy atom. The zero-order chi connectivity index (χ0) is 9.23. The van der Waals surface area contributed by atoms with E-state index in [2.05, 4.69) is 9.98 Å². The van der Waals surface area contributed by atoms with Crippen molar-refractivity contribution in [2.45, 2.75) is 19.8 Å². The monoisotopic (exact) mass is 168 g/mol. The van der Waals surface area contributed by atoms with Crippen LogP contribution in [-0.4, -0.2) is 25.2 Å². The van der Waals surface area contributed by atoms with Crippen molar-refractivity contribution in [2.75, 3.05) is 13.1 Å². The molecule has 0 fully saturated rings. The molecule has 0 saturated carbocycles. The van der Waals surface area contributed by atoms with Crippen molar-refractivity contribution >= 4 is 12.2 Å². The molecule has 0 radical (unpaired) electrons. The fourth-order valence-electron chi connectivity index (χ4n) is 0.981. The minimum Gasteiger partial charge on any atom is -0.211 e. The van der Waals surface area contributed by atoms with E-state index < -0.39 is 0 Å². The van der Waals surface area contributed by atoms with Crippen LogP contribution < -0.4 is 0 Å². The Hall–Kier alpha value is -1.24. The van der Waals surface area contributed by atoms with E-state index in [0.29, 0.717) is 13.1 Å². The highest BCUT2D eigenvalue weighted by atomic mass is 16.1. The van der Waals surface area contributed by atoms with Gasteiger partial charge in [0.1, 0.15) is 0 Å². The van der Waals surface area contributed by atoms with Crippen molar-refractivity contribution in [1.82, 2.24) is 0 Å². The summed E-state index contributed by atoms with van der Waals surface area (Å²) < 4.78 is 0. The molecule has 0 amide bonds. The van der Waals surface area contributed by atoms with Gasteiger partial charge < -0.3 is 0 Å². The van der Waals surface area contributed by atoms with E-state index in [1.165, 1.54) is 12.2 Å². The first-order valence-electron chi connectivity index (χ1n) is 3.92. The van der Waals surface area contributed by atoms with Gasteiger partial charge in [-0.15, -0.1) is 0 Å². The lowest BCUT2D eigenvalue weighted by molar-refractivity contribution is 0.493. The maximum absolute atomic E-state index is 9.79. The highest BCUT2D eigenvalue weighted by Crippen LogP contribution is 2.06. The van der Waals surface area contributed by atoms with Crippen LogP contribution in [0.5, 0.6) is 0 Å². The Kier molecular flexibility index (Phi) is 7.05. The average molecular weight is 168 g/mol. The fraction of sp³-hybridized carbons (Fsp3) is 0.750. The molecule has 0 bridgehead atoms. The summed E-state index contributed by atoms with van der Waals surface area (Å²) in [7, 11) is 0. The van der Waals surface area contributed by atoms with Crippen LogP contribution in [0.2, 0.25) is 0 Å². The number of hydrogen-bond donors (Lipinski definition) is 0. The number of nitrogens with zero attached hydrogens (tertiary/aromatic N) is 2. The summed E-state index contributed by atoms with van der Waals surface area (Å²) in [6.07, 6.45) is 4.84. The maximum atomic E-state index is 9.79. The average Bonchev–Trinajstić information content (AvgIpc) is 2.10. The number of aliphatic imine (C=N–C) groups is 2. The molecule has 0 saturated heterocycles. The van der Waals surface area contributed by atoms with Crippen LogP contribution >= 0.6 is 0 Å². The molecule has 0 aliphatic heterocycles. The van der Waals surface area contributed by atoms with E-state index in [0.717, 1.165) is 12.8 Å². The number of rotatable bonds is 6. The number of hydrogen-bond acceptors (Lipinski definition) is 4. The van der Waals surface area contributed by atoms with Crippen LogP contribution in [0.3, 0.4) is 0 Å². The van der Waals surface area contributed by atoms with E-state index in [1.54, 1.807) is 0 Å². The summed E-state index contributed by atoms with van der Waals surface area (Å²) in [5.74, 6) is 0.179. The molecule has 0 rings (SSSR count). The van der Waals surface area contributed by atoms with Crippen LogP contribution in [0.1, 0.15) is 19.8 Å². The number of carbonyl (C=O) groups excluding carboxylic acids is 2. The minimum absolute atomic E-state index is 0.179. The molecule has 0 unspecified atom stereocenters. The van der Waals surface area contributed by atoms with E-state index in [-0.39, 0.29) is 5.92 Å². The smallest absolute Gasteiger partial charge is 0.211 e. The lowest BCUT2D eigenvalue weighted by Gasteiger charge is -2.07. The molecule has 0 heterocycles. The van der Waals surface area contributed by atoms with Crippen LogP contribution in [0.15, 0.2) is 9.98 Å². The standard InChI is InChI=1S/C8H12N2O2/c1-2-3-8(4-9-6-11)5-10-7-12/h8H,2-5H2,1H3. The second-order valence-electron chi connectivity index (χ2n) is 2.52. The second kappa shape index (κ2) is 7.86. The predicted octanol–water partition coefficient (Wildman–Crippen LogP) is 1.07. The van der Waals surface area contributed by atoms with Crippen molar-refractivity contribution in [3.05, 3.63) is 0 Å². The predicted molar refractivity (Wildman–Crippen MR) is 44.4 cm³/mol. The van der Waals surface area contributed by atoms with Crippen molar-refractivity contribution in [3.8, 4) is 0 Å². The first kappa shape index (κ1) is 10.8. The fourth-order valence-corrected chi connectivity index (χ4v) is 0.981. The van der Waals surface area contributed by atoms with Crippen LogP contribution in [0.4, 0.5) is 0 Å². The summed E-state index contributed by atoms with van der Waals surface area (Å²) in [6.45, 7) is 2.84. The van der Waals surface area contributed by atoms with Gasteiger partial charge in [0.2, 0.25) is 12.2 Å². The highest BCUT2D eigenvalue weighted by molar-refractivity contribution is 5.33. The van der Waals surface area contributed by atoms with Crippen molar-refractivity contribution in [2.24, 2.45) is 15.9 Å². The van der Waals surface area contributed by atoms with Crippen LogP contribution in [0, 0.1) is 5.92 Å². The molecule has 12 heavy (non-hydrogen) atoms. The highest BCUT2D eigenvalue weighted by Gasteiger charge is 2.05. The first-order valence-corrected chi connectivity index (χ1v) is 3.92. The van der Waals surface area contributed by atoms with Gasteiger partial charge >= 0.3 is 0 Å². The molecule has 4 nitrogen and oxygen atoms in total. The molecule has 0 aliphatic rings. The third-order valence-electron chi connectivity index (χ3n) is 1.52. The molecule has 0 N–H and O–H groups in total. The van der Waals surface area contributed by atoms with Gasteiger partial charge in [-0.3, -0.25) is 0 Å². The van der Waals surface area contributed by atoms with Gasteiger partial charge in [0.05, 0.1) is 13.1 Å². The van der Waals surface area contributed by atoms with Gasteiger partial charge in [0.15, 0.2) is 0 Å². The molecule has 0 aromatic heterocycles. The van der Waals surface area contributed by atoms with Gasteiger partial charge in [-0.05, 0) is 12.3 Å². The third kappa shape index (κ3) is 5.54. The normalized spacial score (nSPS) is 11.1. The summed E-state index contributed by atoms with van der Waals surface area (Å²) in [6, 6.07) is 0. The molecule has 0 aliphatic carbocycles.